The predicted octanol–water partition coefficient (Wildman–Crippen LogP) is 0.387. The molecule has 0 heterocycles. The Bertz CT molecular complexity index is 350. The number of allylic oxidation sites excluding steroid dienone is 2. The topological polar surface area (TPSA) is 104 Å². The van der Waals surface area contributed by atoms with Crippen LogP contribution in [0.1, 0.15) is 25.7 Å². The smallest absolute Gasteiger partial charge is 0.326 e. The fraction of sp³-hybridized carbons (Fsp3) is 0.545. The summed E-state index contributed by atoms with van der Waals surface area (Å²) in [5.74, 6) is -2.87. The van der Waals surface area contributed by atoms with E-state index in [9.17, 15) is 14.4 Å². The van der Waals surface area contributed by atoms with Crippen molar-refractivity contribution in [1.82, 2.24) is 5.32 Å². The van der Waals surface area contributed by atoms with Gasteiger partial charge in [-0.15, -0.1) is 0 Å². The highest BCUT2D eigenvalue weighted by Gasteiger charge is 2.24. The van der Waals surface area contributed by atoms with Crippen LogP contribution in [-0.4, -0.2) is 34.1 Å². The van der Waals surface area contributed by atoms with Crippen molar-refractivity contribution in [1.29, 1.82) is 0 Å². The first kappa shape index (κ1) is 13.2. The summed E-state index contributed by atoms with van der Waals surface area (Å²) in [7, 11) is 0. The van der Waals surface area contributed by atoms with Crippen molar-refractivity contribution in [2.45, 2.75) is 31.7 Å². The number of carboxylic acid groups (broad SMARTS) is 2. The Labute approximate surface area is 98.3 Å². The fourth-order valence-electron chi connectivity index (χ4n) is 1.73. The van der Waals surface area contributed by atoms with Crippen molar-refractivity contribution in [3.63, 3.8) is 0 Å². The van der Waals surface area contributed by atoms with Crippen LogP contribution in [-0.2, 0) is 14.4 Å². The summed E-state index contributed by atoms with van der Waals surface area (Å²) in [4.78, 5) is 32.6. The summed E-state index contributed by atoms with van der Waals surface area (Å²) in [5, 5.41) is 19.5. The van der Waals surface area contributed by atoms with Crippen molar-refractivity contribution >= 4 is 17.8 Å². The van der Waals surface area contributed by atoms with Crippen molar-refractivity contribution in [3.05, 3.63) is 12.2 Å². The van der Waals surface area contributed by atoms with Gasteiger partial charge in [0.1, 0.15) is 6.04 Å². The number of carbonyl (C=O) groups is 3. The normalized spacial score (nSPS) is 19.9. The van der Waals surface area contributed by atoms with Crippen LogP contribution < -0.4 is 5.32 Å². The van der Waals surface area contributed by atoms with Gasteiger partial charge in [0.25, 0.3) is 0 Å². The molecular weight excluding hydrogens is 226 g/mol. The average molecular weight is 241 g/mol. The standard InChI is InChI=1S/C11H15NO5/c13-9(5-7-3-1-2-4-7)12-8(11(16)17)6-10(14)15/h1,3,7-8H,2,4-6H2,(H,12,13)(H,14,15)(H,16,17)/t7?,8-/m0/s1. The van der Waals surface area contributed by atoms with E-state index >= 15 is 0 Å². The summed E-state index contributed by atoms with van der Waals surface area (Å²) in [5.41, 5.74) is 0. The van der Waals surface area contributed by atoms with E-state index in [-0.39, 0.29) is 12.3 Å². The first-order chi connectivity index (χ1) is 7.99. The lowest BCUT2D eigenvalue weighted by Crippen LogP contribution is -2.42. The number of hydrogen-bond acceptors (Lipinski definition) is 3. The summed E-state index contributed by atoms with van der Waals surface area (Å²) in [6, 6.07) is -1.36. The van der Waals surface area contributed by atoms with Crippen molar-refractivity contribution in [2.24, 2.45) is 5.92 Å². The van der Waals surface area contributed by atoms with E-state index in [2.05, 4.69) is 5.32 Å². The van der Waals surface area contributed by atoms with Gasteiger partial charge in [-0.1, -0.05) is 12.2 Å². The van der Waals surface area contributed by atoms with Crippen LogP contribution in [0.4, 0.5) is 0 Å². The molecular formula is C11H15NO5. The monoisotopic (exact) mass is 241 g/mol. The molecule has 94 valence electrons. The Hall–Kier alpha value is -1.85. The SMILES string of the molecule is O=C(O)C[C@H](NC(=O)CC1C=CCC1)C(=O)O. The highest BCUT2D eigenvalue weighted by atomic mass is 16.4. The summed E-state index contributed by atoms with van der Waals surface area (Å²) < 4.78 is 0. The van der Waals surface area contributed by atoms with Gasteiger partial charge in [-0.25, -0.2) is 4.79 Å². The number of aliphatic carboxylic acids is 2. The van der Waals surface area contributed by atoms with Crippen molar-refractivity contribution in [2.75, 3.05) is 0 Å². The van der Waals surface area contributed by atoms with E-state index in [0.29, 0.717) is 0 Å². The lowest BCUT2D eigenvalue weighted by molar-refractivity contribution is -0.147. The molecule has 1 amide bonds. The first-order valence-electron chi connectivity index (χ1n) is 5.39. The van der Waals surface area contributed by atoms with Crippen LogP contribution in [0.5, 0.6) is 0 Å². The molecule has 0 spiro atoms. The third-order valence-electron chi connectivity index (χ3n) is 2.57. The zero-order chi connectivity index (χ0) is 12.8. The van der Waals surface area contributed by atoms with E-state index < -0.39 is 30.3 Å². The van der Waals surface area contributed by atoms with Gasteiger partial charge < -0.3 is 15.5 Å². The lowest BCUT2D eigenvalue weighted by Gasteiger charge is -2.13. The molecule has 0 radical (unpaired) electrons. The molecule has 0 bridgehead atoms. The molecule has 0 aromatic carbocycles. The van der Waals surface area contributed by atoms with E-state index in [4.69, 9.17) is 10.2 Å². The number of carboxylic acids is 2. The van der Waals surface area contributed by atoms with Gasteiger partial charge in [0.15, 0.2) is 0 Å². The maximum atomic E-state index is 11.5. The number of hydrogen-bond donors (Lipinski definition) is 3. The summed E-state index contributed by atoms with van der Waals surface area (Å²) >= 11 is 0. The van der Waals surface area contributed by atoms with E-state index in [1.807, 2.05) is 12.2 Å². The van der Waals surface area contributed by atoms with Crippen molar-refractivity contribution in [3.8, 4) is 0 Å². The number of carbonyl (C=O) groups excluding carboxylic acids is 1. The molecule has 0 aliphatic heterocycles. The molecule has 0 saturated carbocycles. The molecule has 3 N–H and O–H groups in total. The lowest BCUT2D eigenvalue weighted by atomic mass is 10.0. The Morgan fingerprint density at radius 1 is 1.35 bits per heavy atom. The number of amides is 1. The molecule has 1 aliphatic carbocycles. The van der Waals surface area contributed by atoms with Gasteiger partial charge >= 0.3 is 11.9 Å². The van der Waals surface area contributed by atoms with Gasteiger partial charge in [0.2, 0.25) is 5.91 Å². The quantitative estimate of drug-likeness (QED) is 0.583. The largest absolute Gasteiger partial charge is 0.481 e. The minimum absolute atomic E-state index is 0.134. The van der Waals surface area contributed by atoms with Gasteiger partial charge in [-0.2, -0.15) is 0 Å². The molecule has 1 aliphatic rings. The Kier molecular flexibility index (Phi) is 4.68. The number of nitrogens with one attached hydrogen (secondary N) is 1. The molecule has 17 heavy (non-hydrogen) atoms. The maximum Gasteiger partial charge on any atom is 0.326 e. The predicted molar refractivity (Wildman–Crippen MR) is 58.3 cm³/mol. The Balaban J connectivity index is 2.43. The second-order valence-corrected chi connectivity index (χ2v) is 4.03. The maximum absolute atomic E-state index is 11.5. The fourth-order valence-corrected chi connectivity index (χ4v) is 1.73. The van der Waals surface area contributed by atoms with Crippen LogP contribution in [0.25, 0.3) is 0 Å². The molecule has 1 rings (SSSR count). The third kappa shape index (κ3) is 4.67. The molecule has 0 saturated heterocycles. The molecule has 0 aromatic rings. The van der Waals surface area contributed by atoms with Crippen LogP contribution in [0.2, 0.25) is 0 Å². The highest BCUT2D eigenvalue weighted by Crippen LogP contribution is 2.20. The molecule has 2 atom stereocenters. The average Bonchev–Trinajstić information content (AvgIpc) is 2.68. The van der Waals surface area contributed by atoms with E-state index in [1.54, 1.807) is 0 Å². The van der Waals surface area contributed by atoms with Crippen LogP contribution in [0.15, 0.2) is 12.2 Å². The van der Waals surface area contributed by atoms with E-state index in [0.717, 1.165) is 12.8 Å². The zero-order valence-electron chi connectivity index (χ0n) is 9.26. The van der Waals surface area contributed by atoms with Crippen molar-refractivity contribution < 1.29 is 24.6 Å². The van der Waals surface area contributed by atoms with E-state index in [1.165, 1.54) is 0 Å². The second-order valence-electron chi connectivity index (χ2n) is 4.03. The Morgan fingerprint density at radius 3 is 2.53 bits per heavy atom. The zero-order valence-corrected chi connectivity index (χ0v) is 9.26. The molecule has 0 aromatic heterocycles. The highest BCUT2D eigenvalue weighted by molar-refractivity contribution is 5.86. The summed E-state index contributed by atoms with van der Waals surface area (Å²) in [6.45, 7) is 0. The second kappa shape index (κ2) is 6.03. The van der Waals surface area contributed by atoms with Gasteiger partial charge in [0, 0.05) is 6.42 Å². The van der Waals surface area contributed by atoms with Gasteiger partial charge in [0.05, 0.1) is 6.42 Å². The van der Waals surface area contributed by atoms with Gasteiger partial charge in [-0.3, -0.25) is 9.59 Å². The minimum atomic E-state index is -1.36. The van der Waals surface area contributed by atoms with Gasteiger partial charge in [-0.05, 0) is 18.8 Å². The summed E-state index contributed by atoms with van der Waals surface area (Å²) in [6.07, 6.45) is 5.30. The minimum Gasteiger partial charge on any atom is -0.481 e. The first-order valence-corrected chi connectivity index (χ1v) is 5.39. The third-order valence-corrected chi connectivity index (χ3v) is 2.57. The van der Waals surface area contributed by atoms with Crippen LogP contribution >= 0.6 is 0 Å². The number of rotatable bonds is 6. The Morgan fingerprint density at radius 2 is 2.06 bits per heavy atom. The molecule has 6 nitrogen and oxygen atoms in total. The molecule has 0 fully saturated rings. The van der Waals surface area contributed by atoms with Crippen LogP contribution in [0, 0.1) is 5.92 Å². The molecule has 6 heteroatoms. The van der Waals surface area contributed by atoms with Crippen LogP contribution in [0.3, 0.4) is 0 Å². The molecule has 1 unspecified atom stereocenters.